The number of hydrogen-bond donors (Lipinski definition) is 2. The number of non-ortho nitro benzene ring substituents is 1. The highest BCUT2D eigenvalue weighted by Gasteiger charge is 2.08. The molecule has 0 saturated heterocycles. The predicted molar refractivity (Wildman–Crippen MR) is 78.8 cm³/mol. The van der Waals surface area contributed by atoms with Crippen molar-refractivity contribution in [1.29, 1.82) is 0 Å². The highest BCUT2D eigenvalue weighted by Crippen LogP contribution is 2.20. The second kappa shape index (κ2) is 7.47. The Morgan fingerprint density at radius 1 is 1.35 bits per heavy atom. The molecule has 0 bridgehead atoms. The molecule has 6 nitrogen and oxygen atoms in total. The molecule has 0 radical (unpaired) electrons. The Kier molecular flexibility index (Phi) is 5.96. The molecule has 0 atom stereocenters. The number of hydrogen-bond acceptors (Lipinski definition) is 4. The number of nitro benzene ring substituents is 1. The summed E-state index contributed by atoms with van der Waals surface area (Å²) in [6.07, 6.45) is 0.342. The zero-order chi connectivity index (χ0) is 15.1. The molecule has 0 aliphatic carbocycles. The molecular formula is C14H21N3O3. The summed E-state index contributed by atoms with van der Waals surface area (Å²) in [6, 6.07) is 4.80. The van der Waals surface area contributed by atoms with Crippen molar-refractivity contribution in [2.24, 2.45) is 5.92 Å². The molecule has 6 heteroatoms. The Balaban J connectivity index is 2.46. The molecule has 0 unspecified atom stereocenters. The lowest BCUT2D eigenvalue weighted by Crippen LogP contribution is -2.28. The zero-order valence-electron chi connectivity index (χ0n) is 12.1. The Labute approximate surface area is 118 Å². The van der Waals surface area contributed by atoms with Gasteiger partial charge in [0.15, 0.2) is 0 Å². The van der Waals surface area contributed by atoms with Gasteiger partial charge in [0, 0.05) is 37.3 Å². The number of carbonyl (C=O) groups is 1. The molecule has 0 heterocycles. The first-order chi connectivity index (χ1) is 9.38. The van der Waals surface area contributed by atoms with E-state index in [1.54, 1.807) is 6.92 Å². The molecule has 0 spiro atoms. The van der Waals surface area contributed by atoms with Crippen molar-refractivity contribution in [3.63, 3.8) is 0 Å². The van der Waals surface area contributed by atoms with Crippen LogP contribution in [0.25, 0.3) is 0 Å². The van der Waals surface area contributed by atoms with Crippen LogP contribution in [0.2, 0.25) is 0 Å². The van der Waals surface area contributed by atoms with Gasteiger partial charge in [-0.05, 0) is 24.5 Å². The highest BCUT2D eigenvalue weighted by atomic mass is 16.6. The average molecular weight is 279 g/mol. The number of rotatable bonds is 7. The number of nitrogens with one attached hydrogen (secondary N) is 2. The Morgan fingerprint density at radius 3 is 2.65 bits per heavy atom. The minimum Gasteiger partial charge on any atom is -0.384 e. The zero-order valence-corrected chi connectivity index (χ0v) is 12.1. The van der Waals surface area contributed by atoms with Crippen LogP contribution in [0.3, 0.4) is 0 Å². The lowest BCUT2D eigenvalue weighted by Gasteiger charge is -2.09. The van der Waals surface area contributed by atoms with Gasteiger partial charge in [0.05, 0.1) is 4.92 Å². The van der Waals surface area contributed by atoms with Gasteiger partial charge in [0.2, 0.25) is 5.91 Å². The number of benzene rings is 1. The van der Waals surface area contributed by atoms with Crippen LogP contribution in [0.15, 0.2) is 18.2 Å². The van der Waals surface area contributed by atoms with Crippen LogP contribution in [-0.2, 0) is 4.79 Å². The molecule has 0 fully saturated rings. The minimum atomic E-state index is -0.423. The van der Waals surface area contributed by atoms with Crippen LogP contribution in [0.1, 0.15) is 25.8 Å². The van der Waals surface area contributed by atoms with E-state index in [0.717, 1.165) is 5.56 Å². The fraction of sp³-hybridized carbons (Fsp3) is 0.500. The summed E-state index contributed by atoms with van der Waals surface area (Å²) in [5, 5.41) is 16.6. The molecule has 0 aliphatic rings. The van der Waals surface area contributed by atoms with Gasteiger partial charge in [-0.3, -0.25) is 14.9 Å². The molecule has 2 N–H and O–H groups in total. The van der Waals surface area contributed by atoms with Crippen molar-refractivity contribution in [1.82, 2.24) is 5.32 Å². The van der Waals surface area contributed by atoms with Crippen LogP contribution in [0.5, 0.6) is 0 Å². The average Bonchev–Trinajstić information content (AvgIpc) is 2.35. The highest BCUT2D eigenvalue weighted by molar-refractivity contribution is 5.76. The van der Waals surface area contributed by atoms with Crippen LogP contribution >= 0.6 is 0 Å². The smallest absolute Gasteiger partial charge is 0.271 e. The minimum absolute atomic E-state index is 0.0200. The van der Waals surface area contributed by atoms with E-state index in [2.05, 4.69) is 10.6 Å². The molecule has 110 valence electrons. The van der Waals surface area contributed by atoms with E-state index in [4.69, 9.17) is 0 Å². The monoisotopic (exact) mass is 279 g/mol. The fourth-order valence-corrected chi connectivity index (χ4v) is 1.70. The van der Waals surface area contributed by atoms with Crippen molar-refractivity contribution in [2.75, 3.05) is 18.4 Å². The van der Waals surface area contributed by atoms with Gasteiger partial charge in [-0.1, -0.05) is 13.8 Å². The maximum absolute atomic E-state index is 11.5. The largest absolute Gasteiger partial charge is 0.384 e. The lowest BCUT2D eigenvalue weighted by molar-refractivity contribution is -0.384. The van der Waals surface area contributed by atoms with E-state index >= 15 is 0 Å². The van der Waals surface area contributed by atoms with Crippen LogP contribution in [0, 0.1) is 23.0 Å². The molecule has 0 aromatic heterocycles. The lowest BCUT2D eigenvalue weighted by atomic mass is 10.2. The summed E-state index contributed by atoms with van der Waals surface area (Å²) in [5.41, 5.74) is 1.52. The second-order valence-electron chi connectivity index (χ2n) is 5.19. The number of nitrogens with zero attached hydrogens (tertiary/aromatic N) is 1. The van der Waals surface area contributed by atoms with Gasteiger partial charge in [0.1, 0.15) is 0 Å². The van der Waals surface area contributed by atoms with E-state index in [1.165, 1.54) is 12.1 Å². The van der Waals surface area contributed by atoms with E-state index in [0.29, 0.717) is 31.1 Å². The summed E-state index contributed by atoms with van der Waals surface area (Å²) in [4.78, 5) is 21.8. The number of aryl methyl sites for hydroxylation is 1. The first-order valence-electron chi connectivity index (χ1n) is 6.65. The van der Waals surface area contributed by atoms with Crippen LogP contribution in [-0.4, -0.2) is 23.9 Å². The topological polar surface area (TPSA) is 84.3 Å². The van der Waals surface area contributed by atoms with E-state index in [-0.39, 0.29) is 11.6 Å². The molecule has 20 heavy (non-hydrogen) atoms. The summed E-state index contributed by atoms with van der Waals surface area (Å²) in [5.74, 6) is 0.402. The van der Waals surface area contributed by atoms with Gasteiger partial charge >= 0.3 is 0 Å². The van der Waals surface area contributed by atoms with Gasteiger partial charge in [-0.2, -0.15) is 0 Å². The summed E-state index contributed by atoms with van der Waals surface area (Å²) < 4.78 is 0. The molecule has 0 aliphatic heterocycles. The SMILES string of the molecule is Cc1cc(NCCC(=O)NCC(C)C)cc([N+](=O)[O-])c1. The van der Waals surface area contributed by atoms with Crippen molar-refractivity contribution in [3.8, 4) is 0 Å². The van der Waals surface area contributed by atoms with Crippen LogP contribution in [0.4, 0.5) is 11.4 Å². The van der Waals surface area contributed by atoms with Gasteiger partial charge in [-0.25, -0.2) is 0 Å². The summed E-state index contributed by atoms with van der Waals surface area (Å²) in [6.45, 7) is 6.97. The number of carbonyl (C=O) groups excluding carboxylic acids is 1. The Bertz CT molecular complexity index is 487. The van der Waals surface area contributed by atoms with E-state index in [1.807, 2.05) is 19.9 Å². The maximum Gasteiger partial charge on any atom is 0.271 e. The van der Waals surface area contributed by atoms with Crippen LogP contribution < -0.4 is 10.6 Å². The number of nitro groups is 1. The van der Waals surface area contributed by atoms with E-state index in [9.17, 15) is 14.9 Å². The number of anilines is 1. The normalized spacial score (nSPS) is 10.4. The number of amides is 1. The van der Waals surface area contributed by atoms with Gasteiger partial charge < -0.3 is 10.6 Å². The third-order valence-corrected chi connectivity index (χ3v) is 2.66. The van der Waals surface area contributed by atoms with Crippen molar-refractivity contribution in [3.05, 3.63) is 33.9 Å². The fourth-order valence-electron chi connectivity index (χ4n) is 1.70. The molecule has 0 saturated carbocycles. The second-order valence-corrected chi connectivity index (χ2v) is 5.19. The predicted octanol–water partition coefficient (Wildman–Crippen LogP) is 2.48. The van der Waals surface area contributed by atoms with Crippen molar-refractivity contribution >= 4 is 17.3 Å². The maximum atomic E-state index is 11.5. The van der Waals surface area contributed by atoms with Crippen molar-refractivity contribution in [2.45, 2.75) is 27.2 Å². The third-order valence-electron chi connectivity index (χ3n) is 2.66. The van der Waals surface area contributed by atoms with Gasteiger partial charge in [-0.15, -0.1) is 0 Å². The molecule has 1 aromatic carbocycles. The molecular weight excluding hydrogens is 258 g/mol. The third kappa shape index (κ3) is 5.69. The quantitative estimate of drug-likeness (QED) is 0.593. The molecule has 1 amide bonds. The summed E-state index contributed by atoms with van der Waals surface area (Å²) in [7, 11) is 0. The Morgan fingerprint density at radius 2 is 2.05 bits per heavy atom. The Hall–Kier alpha value is -2.11. The molecule has 1 aromatic rings. The van der Waals surface area contributed by atoms with Crippen molar-refractivity contribution < 1.29 is 9.72 Å². The first-order valence-corrected chi connectivity index (χ1v) is 6.65. The molecule has 1 rings (SSSR count). The van der Waals surface area contributed by atoms with E-state index < -0.39 is 4.92 Å². The first kappa shape index (κ1) is 15.9. The van der Waals surface area contributed by atoms with Gasteiger partial charge in [0.25, 0.3) is 5.69 Å². The summed E-state index contributed by atoms with van der Waals surface area (Å²) >= 11 is 0. The standard InChI is InChI=1S/C14H21N3O3/c1-10(2)9-16-14(18)4-5-15-12-6-11(3)7-13(8-12)17(19)20/h6-8,10,15H,4-5,9H2,1-3H3,(H,16,18).